The van der Waals surface area contributed by atoms with Crippen LogP contribution < -0.4 is 0 Å². The third-order valence-electron chi connectivity index (χ3n) is 12.9. The largest absolute Gasteiger partial charge is 0.277 e. The second-order valence-electron chi connectivity index (χ2n) is 18.4. The number of imidazole rings is 4. The zero-order valence-corrected chi connectivity index (χ0v) is 33.4. The van der Waals surface area contributed by atoms with E-state index >= 15 is 0 Å². The zero-order chi connectivity index (χ0) is 39.0. The van der Waals surface area contributed by atoms with Gasteiger partial charge < -0.3 is 0 Å². The highest BCUT2D eigenvalue weighted by Crippen LogP contribution is 2.50. The normalized spacial score (nSPS) is 13.3. The van der Waals surface area contributed by atoms with E-state index in [-0.39, 0.29) is 10.8 Å². The molecule has 0 aliphatic rings. The minimum atomic E-state index is -0.0343. The molecule has 0 aliphatic heterocycles. The molecule has 6 aromatic heterocycles. The summed E-state index contributed by atoms with van der Waals surface area (Å²) in [6, 6.07) is 48.9. The monoisotopic (exact) mass is 748 g/mol. The van der Waals surface area contributed by atoms with E-state index < -0.39 is 0 Å². The maximum Gasteiger partial charge on any atom is 0.220 e. The molecule has 0 radical (unpaired) electrons. The number of nitrogens with zero attached hydrogens (tertiary/aromatic N) is 6. The first-order chi connectivity index (χ1) is 28.1. The third-order valence-corrected chi connectivity index (χ3v) is 12.9. The summed E-state index contributed by atoms with van der Waals surface area (Å²) in [6.07, 6.45) is 0. The molecule has 6 heteroatoms. The Hall–Kier alpha value is -6.92. The number of hydrogen-bond acceptors (Lipinski definition) is 2. The molecule has 6 heterocycles. The van der Waals surface area contributed by atoms with Gasteiger partial charge in [0.05, 0.1) is 55.2 Å². The summed E-state index contributed by atoms with van der Waals surface area (Å²) in [5, 5.41) is 4.96. The van der Waals surface area contributed by atoms with Gasteiger partial charge in [0.2, 0.25) is 11.6 Å². The Morgan fingerprint density at radius 2 is 0.759 bits per heavy atom. The molecule has 0 unspecified atom stereocenters. The summed E-state index contributed by atoms with van der Waals surface area (Å²) < 4.78 is 9.84. The molecule has 278 valence electrons. The summed E-state index contributed by atoms with van der Waals surface area (Å²) in [7, 11) is 0. The Morgan fingerprint density at radius 1 is 0.379 bits per heavy atom. The molecule has 0 aliphatic carbocycles. The van der Waals surface area contributed by atoms with Gasteiger partial charge in [0.1, 0.15) is 0 Å². The third kappa shape index (κ3) is 3.88. The maximum atomic E-state index is 5.63. The van der Waals surface area contributed by atoms with Gasteiger partial charge in [-0.2, -0.15) is 0 Å². The predicted molar refractivity (Wildman–Crippen MR) is 242 cm³/mol. The minimum absolute atomic E-state index is 0.0343. The molecular formula is C52H40N6. The van der Waals surface area contributed by atoms with Crippen molar-refractivity contribution in [1.82, 2.24) is 27.6 Å². The van der Waals surface area contributed by atoms with Crippen LogP contribution in [-0.4, -0.2) is 27.6 Å². The maximum absolute atomic E-state index is 5.63. The topological polar surface area (TPSA) is 43.4 Å². The predicted octanol–water partition coefficient (Wildman–Crippen LogP) is 13.2. The first-order valence-electron chi connectivity index (χ1n) is 20.4. The van der Waals surface area contributed by atoms with Gasteiger partial charge in [0, 0.05) is 32.7 Å². The van der Waals surface area contributed by atoms with Crippen LogP contribution in [0.5, 0.6) is 0 Å². The number of benzene rings is 7. The van der Waals surface area contributed by atoms with Crippen LogP contribution in [0.4, 0.5) is 0 Å². The number of rotatable bonds is 2. The zero-order valence-electron chi connectivity index (χ0n) is 33.4. The van der Waals surface area contributed by atoms with Crippen molar-refractivity contribution in [3.8, 4) is 22.3 Å². The van der Waals surface area contributed by atoms with Gasteiger partial charge >= 0.3 is 0 Å². The molecule has 7 aromatic carbocycles. The molecule has 0 saturated carbocycles. The van der Waals surface area contributed by atoms with Crippen molar-refractivity contribution in [2.75, 3.05) is 0 Å². The molecule has 0 fully saturated rings. The SMILES string of the molecule is CC(C)(C)c1ccc2c(c1)c1c3c4c(c5cc(C(C)(C)C)ccc5n4c4nc5c(-c6ccccc6)cccc5n34)c3c1n2c1nc2c(-c4ccccc4)cccc2n31. The summed E-state index contributed by atoms with van der Waals surface area (Å²) in [5.74, 6) is 1.87. The summed E-state index contributed by atoms with van der Waals surface area (Å²) in [5.41, 5.74) is 18.5. The van der Waals surface area contributed by atoms with E-state index in [1.165, 1.54) is 65.9 Å². The summed E-state index contributed by atoms with van der Waals surface area (Å²) >= 11 is 0. The van der Waals surface area contributed by atoms with E-state index in [1.54, 1.807) is 0 Å². The molecule has 0 amide bonds. The molecule has 58 heavy (non-hydrogen) atoms. The van der Waals surface area contributed by atoms with E-state index in [9.17, 15) is 0 Å². The highest BCUT2D eigenvalue weighted by Gasteiger charge is 2.33. The van der Waals surface area contributed by atoms with Crippen molar-refractivity contribution < 1.29 is 0 Å². The Balaban J connectivity index is 1.34. The highest BCUT2D eigenvalue weighted by atomic mass is 15.2. The first kappa shape index (κ1) is 32.2. The van der Waals surface area contributed by atoms with Crippen LogP contribution in [0, 0.1) is 0 Å². The van der Waals surface area contributed by atoms with Crippen LogP contribution >= 0.6 is 0 Å². The van der Waals surface area contributed by atoms with Crippen molar-refractivity contribution >= 4 is 88.3 Å². The summed E-state index contributed by atoms with van der Waals surface area (Å²) in [6.45, 7) is 13.9. The van der Waals surface area contributed by atoms with Crippen molar-refractivity contribution in [2.24, 2.45) is 0 Å². The van der Waals surface area contributed by atoms with Crippen LogP contribution in [0.3, 0.4) is 0 Å². The number of para-hydroxylation sites is 2. The van der Waals surface area contributed by atoms with Crippen molar-refractivity contribution in [3.05, 3.63) is 145 Å². The Labute approximate surface area is 333 Å². The lowest BCUT2D eigenvalue weighted by atomic mass is 9.86. The number of aromatic nitrogens is 6. The van der Waals surface area contributed by atoms with Gasteiger partial charge in [-0.15, -0.1) is 0 Å². The molecular weight excluding hydrogens is 709 g/mol. The van der Waals surface area contributed by atoms with E-state index in [0.29, 0.717) is 0 Å². The fourth-order valence-electron chi connectivity index (χ4n) is 10.1. The average molecular weight is 749 g/mol. The molecule has 6 nitrogen and oxygen atoms in total. The quantitative estimate of drug-likeness (QED) is 0.177. The van der Waals surface area contributed by atoms with Crippen molar-refractivity contribution in [3.63, 3.8) is 0 Å². The van der Waals surface area contributed by atoms with E-state index in [2.05, 4.69) is 193 Å². The Kier molecular flexibility index (Phi) is 5.84. The van der Waals surface area contributed by atoms with Crippen LogP contribution in [0.2, 0.25) is 0 Å². The summed E-state index contributed by atoms with van der Waals surface area (Å²) in [4.78, 5) is 11.3. The van der Waals surface area contributed by atoms with Gasteiger partial charge in [-0.3, -0.25) is 17.6 Å². The minimum Gasteiger partial charge on any atom is -0.277 e. The highest BCUT2D eigenvalue weighted by molar-refractivity contribution is 6.37. The van der Waals surface area contributed by atoms with E-state index in [0.717, 1.165) is 55.8 Å². The van der Waals surface area contributed by atoms with Gasteiger partial charge in [-0.1, -0.05) is 139 Å². The molecule has 0 bridgehead atoms. The molecule has 0 atom stereocenters. The Bertz CT molecular complexity index is 3590. The second kappa shape index (κ2) is 10.5. The van der Waals surface area contributed by atoms with Crippen LogP contribution in [0.25, 0.3) is 111 Å². The second-order valence-corrected chi connectivity index (χ2v) is 18.4. The van der Waals surface area contributed by atoms with E-state index in [4.69, 9.17) is 9.97 Å². The van der Waals surface area contributed by atoms with E-state index in [1.807, 2.05) is 0 Å². The molecule has 0 N–H and O–H groups in total. The van der Waals surface area contributed by atoms with Crippen LogP contribution in [0.1, 0.15) is 52.7 Å². The standard InChI is InChI=1S/C52H40N6/c1-51(2,3)31-23-25-37-35(27-31)41-45-48(58-40-22-14-20-34(30-17-11-8-12-18-30)44(40)53-49(58)55(37)45)42-36-28-32(52(4,5)6)24-26-38(36)56-46(42)47(41)57-39-21-13-19-33(43(39)54-50(56)57)29-15-9-7-10-16-29/h7-28H,1-6H3. The lowest BCUT2D eigenvalue weighted by Crippen LogP contribution is -2.10. The average Bonchev–Trinajstić information content (AvgIpc) is 4.05. The molecule has 0 spiro atoms. The molecule has 13 rings (SSSR count). The smallest absolute Gasteiger partial charge is 0.220 e. The fourth-order valence-corrected chi connectivity index (χ4v) is 10.1. The first-order valence-corrected chi connectivity index (χ1v) is 20.4. The lowest BCUT2D eigenvalue weighted by Gasteiger charge is -2.19. The van der Waals surface area contributed by atoms with Gasteiger partial charge in [-0.25, -0.2) is 9.97 Å². The van der Waals surface area contributed by atoms with Gasteiger partial charge in [0.15, 0.2) is 0 Å². The van der Waals surface area contributed by atoms with Crippen molar-refractivity contribution in [1.29, 1.82) is 0 Å². The van der Waals surface area contributed by atoms with Crippen molar-refractivity contribution in [2.45, 2.75) is 52.4 Å². The molecule has 0 saturated heterocycles. The van der Waals surface area contributed by atoms with Crippen LogP contribution in [0.15, 0.2) is 133 Å². The molecule has 13 aromatic rings. The number of hydrogen-bond donors (Lipinski definition) is 0. The van der Waals surface area contributed by atoms with Crippen LogP contribution in [-0.2, 0) is 10.8 Å². The van der Waals surface area contributed by atoms with Gasteiger partial charge in [-0.05, 0) is 69.5 Å². The Morgan fingerprint density at radius 3 is 1.14 bits per heavy atom. The lowest BCUT2D eigenvalue weighted by molar-refractivity contribution is 0.591. The fraction of sp³-hybridized carbons (Fsp3) is 0.154. The number of fused-ring (bicyclic) bond motifs is 18. The van der Waals surface area contributed by atoms with Gasteiger partial charge in [0.25, 0.3) is 0 Å².